The lowest BCUT2D eigenvalue weighted by atomic mass is 9.93. The van der Waals surface area contributed by atoms with E-state index in [0.717, 1.165) is 30.4 Å². The molecule has 0 aliphatic carbocycles. The van der Waals surface area contributed by atoms with Gasteiger partial charge < -0.3 is 30.3 Å². The summed E-state index contributed by atoms with van der Waals surface area (Å²) in [6.07, 6.45) is 2.52. The van der Waals surface area contributed by atoms with E-state index in [0.29, 0.717) is 35.4 Å². The number of aromatic nitrogens is 3. The van der Waals surface area contributed by atoms with Gasteiger partial charge in [-0.05, 0) is 31.0 Å². The molecule has 10 nitrogen and oxygen atoms in total. The molecular weight excluding hydrogens is 624 g/mol. The standard InChI is InChI=1S/C31H30F4N8O2S/c1-42-5-4-31(34,35)14(10-42)11-45-30-40-26-23(29(41-30)43-15-2-3-16(43)8-38-7-15)19-13-44-12-18(19)21(24(26)33)25-22-17(6-36)28(37)46-27(22)20(32)9-39-25/h9,14-16,38H,2-5,7-8,10-13,37H2,1H3. The molecule has 0 radical (unpaired) electrons. The molecule has 0 amide bonds. The van der Waals surface area contributed by atoms with Gasteiger partial charge in [0, 0.05) is 55.6 Å². The first-order valence-electron chi connectivity index (χ1n) is 15.2. The highest BCUT2D eigenvalue weighted by Crippen LogP contribution is 2.48. The number of nitrogens with one attached hydrogen (secondary N) is 1. The lowest BCUT2D eigenvalue weighted by Crippen LogP contribution is -2.52. The molecule has 4 aliphatic heterocycles. The van der Waals surface area contributed by atoms with Crippen molar-refractivity contribution in [2.45, 2.75) is 50.5 Å². The Kier molecular flexibility index (Phi) is 6.98. The number of halogens is 4. The van der Waals surface area contributed by atoms with Crippen molar-refractivity contribution < 1.29 is 27.0 Å². The van der Waals surface area contributed by atoms with Crippen LogP contribution in [0.3, 0.4) is 0 Å². The van der Waals surface area contributed by atoms with Crippen molar-refractivity contribution in [3.63, 3.8) is 0 Å². The molecule has 3 atom stereocenters. The summed E-state index contributed by atoms with van der Waals surface area (Å²) in [7, 11) is 1.78. The molecular formula is C31H30F4N8O2S. The molecule has 3 N–H and O–H groups in total. The van der Waals surface area contributed by atoms with Crippen LogP contribution in [0.2, 0.25) is 0 Å². The zero-order valence-electron chi connectivity index (χ0n) is 24.9. The van der Waals surface area contributed by atoms with Crippen molar-refractivity contribution in [2.24, 2.45) is 5.92 Å². The second-order valence-electron chi connectivity index (χ2n) is 12.5. The highest BCUT2D eigenvalue weighted by atomic mass is 32.1. The van der Waals surface area contributed by atoms with Crippen LogP contribution in [0, 0.1) is 28.9 Å². The Morgan fingerprint density at radius 2 is 1.93 bits per heavy atom. The predicted octanol–water partition coefficient (Wildman–Crippen LogP) is 4.58. The van der Waals surface area contributed by atoms with Crippen molar-refractivity contribution in [3.8, 4) is 23.3 Å². The first-order valence-corrected chi connectivity index (χ1v) is 16.1. The minimum Gasteiger partial charge on any atom is -0.463 e. The number of rotatable bonds is 5. The summed E-state index contributed by atoms with van der Waals surface area (Å²) >= 11 is 0.896. The average molecular weight is 655 g/mol. The summed E-state index contributed by atoms with van der Waals surface area (Å²) in [4.78, 5) is 17.6. The van der Waals surface area contributed by atoms with Gasteiger partial charge in [0.1, 0.15) is 29.0 Å². The van der Waals surface area contributed by atoms with E-state index in [-0.39, 0.29) is 94.8 Å². The third kappa shape index (κ3) is 4.49. The highest BCUT2D eigenvalue weighted by molar-refractivity contribution is 7.23. The van der Waals surface area contributed by atoms with E-state index in [1.807, 2.05) is 11.0 Å². The van der Waals surface area contributed by atoms with Gasteiger partial charge >= 0.3 is 6.01 Å². The number of thiophene rings is 1. The van der Waals surface area contributed by atoms with Gasteiger partial charge in [0.25, 0.3) is 5.92 Å². The number of piperazine rings is 1. The van der Waals surface area contributed by atoms with Crippen LogP contribution in [0.15, 0.2) is 6.20 Å². The number of pyridine rings is 1. The summed E-state index contributed by atoms with van der Waals surface area (Å²) in [5.74, 6) is -4.99. The predicted molar refractivity (Wildman–Crippen MR) is 164 cm³/mol. The number of hydrogen-bond acceptors (Lipinski definition) is 11. The SMILES string of the molecule is CN1CCC(F)(F)C(COc2nc(N3C4CCC3CNC4)c3c4c(c(-c5ncc(F)c6sc(N)c(C#N)c56)c(F)c3n2)COC4)C1. The molecule has 0 saturated carbocycles. The van der Waals surface area contributed by atoms with Crippen LogP contribution in [-0.2, 0) is 18.0 Å². The van der Waals surface area contributed by atoms with E-state index in [1.54, 1.807) is 7.05 Å². The smallest absolute Gasteiger partial charge is 0.319 e. The highest BCUT2D eigenvalue weighted by Gasteiger charge is 2.44. The summed E-state index contributed by atoms with van der Waals surface area (Å²) in [5.41, 5.74) is 7.25. The van der Waals surface area contributed by atoms with E-state index in [4.69, 9.17) is 20.2 Å². The third-order valence-corrected chi connectivity index (χ3v) is 10.8. The number of alkyl halides is 2. The largest absolute Gasteiger partial charge is 0.463 e. The van der Waals surface area contributed by atoms with E-state index >= 15 is 4.39 Å². The second-order valence-corrected chi connectivity index (χ2v) is 13.6. The number of nitrogens with two attached hydrogens (primary N) is 1. The van der Waals surface area contributed by atoms with Gasteiger partial charge in [0.05, 0.1) is 46.7 Å². The van der Waals surface area contributed by atoms with E-state index in [9.17, 15) is 18.4 Å². The molecule has 3 saturated heterocycles. The summed E-state index contributed by atoms with van der Waals surface area (Å²) in [5, 5.41) is 14.0. The Balaban J connectivity index is 1.35. The summed E-state index contributed by atoms with van der Waals surface area (Å²) < 4.78 is 73.7. The van der Waals surface area contributed by atoms with Crippen molar-refractivity contribution in [1.29, 1.82) is 5.26 Å². The average Bonchev–Trinajstić information content (AvgIpc) is 3.72. The number of likely N-dealkylation sites (tertiary alicyclic amines) is 1. The molecule has 4 aliphatic rings. The number of nitriles is 1. The molecule has 3 aromatic heterocycles. The molecule has 1 aromatic carbocycles. The van der Waals surface area contributed by atoms with Crippen LogP contribution >= 0.6 is 11.3 Å². The monoisotopic (exact) mass is 654 g/mol. The van der Waals surface area contributed by atoms with Gasteiger partial charge in [0.2, 0.25) is 0 Å². The van der Waals surface area contributed by atoms with Gasteiger partial charge in [-0.25, -0.2) is 17.6 Å². The maximum Gasteiger partial charge on any atom is 0.319 e. The van der Waals surface area contributed by atoms with Crippen molar-refractivity contribution in [3.05, 3.63) is 34.5 Å². The van der Waals surface area contributed by atoms with Crippen LogP contribution in [0.25, 0.3) is 32.2 Å². The molecule has 240 valence electrons. The number of hydrogen-bond donors (Lipinski definition) is 2. The number of benzene rings is 1. The van der Waals surface area contributed by atoms with Crippen molar-refractivity contribution in [2.75, 3.05) is 50.5 Å². The van der Waals surface area contributed by atoms with Crippen LogP contribution < -0.4 is 20.7 Å². The molecule has 3 fully saturated rings. The van der Waals surface area contributed by atoms with Crippen molar-refractivity contribution in [1.82, 2.24) is 25.2 Å². The van der Waals surface area contributed by atoms with Gasteiger partial charge in [-0.15, -0.1) is 11.3 Å². The Bertz CT molecular complexity index is 1930. The fraction of sp³-hybridized carbons (Fsp3) is 0.484. The van der Waals surface area contributed by atoms with Crippen LogP contribution in [0.4, 0.5) is 28.4 Å². The van der Waals surface area contributed by atoms with Gasteiger partial charge in [-0.2, -0.15) is 15.2 Å². The first kappa shape index (κ1) is 29.6. The van der Waals surface area contributed by atoms with Crippen LogP contribution in [-0.4, -0.2) is 77.7 Å². The number of nitrogens with zero attached hydrogens (tertiary/aromatic N) is 6. The summed E-state index contributed by atoms with van der Waals surface area (Å²) in [6, 6.07) is 1.99. The third-order valence-electron chi connectivity index (χ3n) is 9.80. The fourth-order valence-corrected chi connectivity index (χ4v) is 8.42. The van der Waals surface area contributed by atoms with E-state index in [2.05, 4.69) is 20.2 Å². The molecule has 8 rings (SSSR count). The Labute approximate surface area is 265 Å². The maximum atomic E-state index is 17.2. The van der Waals surface area contributed by atoms with Crippen LogP contribution in [0.5, 0.6) is 6.01 Å². The zero-order valence-corrected chi connectivity index (χ0v) is 25.7. The van der Waals surface area contributed by atoms with E-state index in [1.165, 1.54) is 0 Å². The van der Waals surface area contributed by atoms with Gasteiger partial charge in [-0.1, -0.05) is 0 Å². The lowest BCUT2D eigenvalue weighted by molar-refractivity contribution is -0.113. The molecule has 2 bridgehead atoms. The first-order chi connectivity index (χ1) is 22.2. The number of nitrogen functional groups attached to an aromatic ring is 1. The Hall–Kier alpha value is -3.84. The minimum absolute atomic E-state index is 0.0114. The Morgan fingerprint density at radius 3 is 2.70 bits per heavy atom. The van der Waals surface area contributed by atoms with E-state index < -0.39 is 23.5 Å². The Morgan fingerprint density at radius 1 is 1.17 bits per heavy atom. The number of piperidine rings is 1. The minimum atomic E-state index is -2.93. The molecule has 4 aromatic rings. The topological polar surface area (TPSA) is 125 Å². The van der Waals surface area contributed by atoms with Gasteiger partial charge in [0.15, 0.2) is 11.6 Å². The zero-order chi connectivity index (χ0) is 31.9. The number of anilines is 2. The van der Waals surface area contributed by atoms with Gasteiger partial charge in [-0.3, -0.25) is 4.98 Å². The normalized spacial score (nSPS) is 24.1. The molecule has 0 spiro atoms. The summed E-state index contributed by atoms with van der Waals surface area (Å²) in [6.45, 7) is 1.68. The van der Waals surface area contributed by atoms with Crippen molar-refractivity contribution >= 4 is 43.1 Å². The molecule has 3 unspecified atom stereocenters. The number of ether oxygens (including phenoxy) is 2. The maximum absolute atomic E-state index is 17.2. The quantitative estimate of drug-likeness (QED) is 0.296. The molecule has 46 heavy (non-hydrogen) atoms. The number of fused-ring (bicyclic) bond motifs is 6. The second kappa shape index (κ2) is 10.9. The molecule has 7 heterocycles. The fourth-order valence-electron chi connectivity index (χ4n) is 7.50. The molecule has 15 heteroatoms. The van der Waals surface area contributed by atoms with Crippen LogP contribution in [0.1, 0.15) is 36.0 Å². The lowest BCUT2D eigenvalue weighted by Gasteiger charge is -2.37.